The fourth-order valence-corrected chi connectivity index (χ4v) is 6.14. The molecule has 182 valence electrons. The van der Waals surface area contributed by atoms with Gasteiger partial charge in [-0.05, 0) is 48.5 Å². The molecular weight excluding hydrogens is 483 g/mol. The molecule has 0 radical (unpaired) electrons. The number of para-hydroxylation sites is 2. The highest BCUT2D eigenvalue weighted by Gasteiger charge is 2.44. The van der Waals surface area contributed by atoms with E-state index >= 15 is 0 Å². The maximum absolute atomic E-state index is 6.67. The van der Waals surface area contributed by atoms with Crippen LogP contribution in [0.1, 0.15) is 0 Å². The fourth-order valence-electron chi connectivity index (χ4n) is 6.14. The Balaban J connectivity index is 1.42. The topological polar surface area (TPSA) is 55.6 Å². The Morgan fingerprint density at radius 1 is 0.538 bits per heavy atom. The lowest BCUT2D eigenvalue weighted by Crippen LogP contribution is -2.56. The van der Waals surface area contributed by atoms with Crippen molar-refractivity contribution < 1.29 is 13.3 Å². The zero-order valence-electron chi connectivity index (χ0n) is 20.7. The molecule has 8 aromatic rings. The minimum Gasteiger partial charge on any atom is -0.468 e. The summed E-state index contributed by atoms with van der Waals surface area (Å²) in [6, 6.07) is 35.2. The summed E-state index contributed by atoms with van der Waals surface area (Å²) in [6.45, 7) is -0.185. The van der Waals surface area contributed by atoms with E-state index in [0.717, 1.165) is 77.7 Å². The number of rotatable bonds is 2. The molecule has 1 aliphatic heterocycles. The van der Waals surface area contributed by atoms with Crippen LogP contribution in [0.4, 0.5) is 17.1 Å². The summed E-state index contributed by atoms with van der Waals surface area (Å²) in [7, 11) is 0. The molecule has 0 aliphatic carbocycles. The minimum absolute atomic E-state index is 0.185. The third-order valence-electron chi connectivity index (χ3n) is 7.81. The lowest BCUT2D eigenvalue weighted by atomic mass is 9.39. The molecule has 5 heterocycles. The van der Waals surface area contributed by atoms with E-state index in [9.17, 15) is 0 Å². The minimum atomic E-state index is -0.185. The first-order valence-electron chi connectivity index (χ1n) is 13.0. The van der Waals surface area contributed by atoms with Gasteiger partial charge in [0, 0.05) is 39.6 Å². The van der Waals surface area contributed by atoms with Crippen LogP contribution in [0.25, 0.3) is 43.9 Å². The summed E-state index contributed by atoms with van der Waals surface area (Å²) in [4.78, 5) is 6.66. The van der Waals surface area contributed by atoms with Crippen LogP contribution in [0.15, 0.2) is 129 Å². The maximum Gasteiger partial charge on any atom is 0.338 e. The molecule has 4 aromatic carbocycles. The van der Waals surface area contributed by atoms with Crippen LogP contribution in [-0.2, 0) is 0 Å². The van der Waals surface area contributed by atoms with Gasteiger partial charge in [-0.15, -0.1) is 0 Å². The molecule has 0 amide bonds. The van der Waals surface area contributed by atoms with Crippen LogP contribution in [0.5, 0.6) is 0 Å². The van der Waals surface area contributed by atoms with Crippen molar-refractivity contribution in [2.24, 2.45) is 0 Å². The quantitative estimate of drug-likeness (QED) is 0.244. The van der Waals surface area contributed by atoms with Crippen molar-refractivity contribution in [2.45, 2.75) is 0 Å². The van der Waals surface area contributed by atoms with E-state index in [1.54, 1.807) is 6.20 Å². The van der Waals surface area contributed by atoms with Gasteiger partial charge >= 0.3 is 6.71 Å². The third kappa shape index (κ3) is 2.83. The van der Waals surface area contributed by atoms with E-state index in [4.69, 9.17) is 13.3 Å². The van der Waals surface area contributed by atoms with Crippen LogP contribution < -0.4 is 21.7 Å². The number of benzene rings is 4. The van der Waals surface area contributed by atoms with Gasteiger partial charge < -0.3 is 18.2 Å². The Morgan fingerprint density at radius 2 is 1.15 bits per heavy atom. The largest absolute Gasteiger partial charge is 0.468 e. The predicted octanol–water partition coefficient (Wildman–Crippen LogP) is 6.77. The molecule has 6 heteroatoms. The molecular formula is C33H19BN2O3. The van der Waals surface area contributed by atoms with Crippen LogP contribution in [0.3, 0.4) is 0 Å². The summed E-state index contributed by atoms with van der Waals surface area (Å²) >= 11 is 0. The highest BCUT2D eigenvalue weighted by atomic mass is 16.4. The highest BCUT2D eigenvalue weighted by Crippen LogP contribution is 2.46. The van der Waals surface area contributed by atoms with Crippen molar-refractivity contribution in [2.75, 3.05) is 4.90 Å². The van der Waals surface area contributed by atoms with E-state index in [1.165, 1.54) is 0 Å². The molecule has 0 bridgehead atoms. The molecule has 0 fully saturated rings. The van der Waals surface area contributed by atoms with Gasteiger partial charge in [0.05, 0.1) is 11.4 Å². The summed E-state index contributed by atoms with van der Waals surface area (Å²) in [5.74, 6) is 0. The number of furan rings is 3. The van der Waals surface area contributed by atoms with Gasteiger partial charge in [-0.25, -0.2) is 0 Å². The average molecular weight is 502 g/mol. The molecule has 0 unspecified atom stereocenters. The van der Waals surface area contributed by atoms with Crippen molar-refractivity contribution in [1.29, 1.82) is 0 Å². The number of fused-ring (bicyclic) bond motifs is 9. The van der Waals surface area contributed by atoms with E-state index in [-0.39, 0.29) is 6.71 Å². The van der Waals surface area contributed by atoms with E-state index < -0.39 is 0 Å². The zero-order chi connectivity index (χ0) is 25.5. The predicted molar refractivity (Wildman–Crippen MR) is 157 cm³/mol. The second-order valence-corrected chi connectivity index (χ2v) is 9.96. The van der Waals surface area contributed by atoms with Crippen LogP contribution in [0, 0.1) is 0 Å². The second-order valence-electron chi connectivity index (χ2n) is 9.96. The Kier molecular flexibility index (Phi) is 4.08. The van der Waals surface area contributed by atoms with Gasteiger partial charge in [-0.1, -0.05) is 60.1 Å². The molecule has 0 spiro atoms. The first-order valence-corrected chi connectivity index (χ1v) is 13.0. The molecule has 5 nitrogen and oxygen atoms in total. The summed E-state index contributed by atoms with van der Waals surface area (Å²) in [6.07, 6.45) is 3.62. The molecule has 0 N–H and O–H groups in total. The van der Waals surface area contributed by atoms with E-state index in [1.807, 2.05) is 48.7 Å². The lowest BCUT2D eigenvalue weighted by Gasteiger charge is -2.31. The summed E-state index contributed by atoms with van der Waals surface area (Å²) < 4.78 is 19.5. The number of nitrogens with zero attached hydrogens (tertiary/aromatic N) is 2. The molecule has 0 saturated heterocycles. The van der Waals surface area contributed by atoms with Crippen molar-refractivity contribution in [1.82, 2.24) is 4.98 Å². The molecule has 0 atom stereocenters. The second kappa shape index (κ2) is 7.65. The van der Waals surface area contributed by atoms with Crippen molar-refractivity contribution in [3.63, 3.8) is 0 Å². The van der Waals surface area contributed by atoms with Gasteiger partial charge in [-0.3, -0.25) is 4.98 Å². The SMILES string of the molecule is c1ccc(B2c3oc4ccccc4c3N(c3ccc4oc5ccncc5c4c3)c3c2oc2ccccc32)cc1. The Labute approximate surface area is 223 Å². The average Bonchev–Trinajstić information content (AvgIpc) is 3.67. The van der Waals surface area contributed by atoms with Crippen LogP contribution >= 0.6 is 0 Å². The Morgan fingerprint density at radius 3 is 1.87 bits per heavy atom. The number of anilines is 3. The van der Waals surface area contributed by atoms with E-state index in [0.29, 0.717) is 0 Å². The highest BCUT2D eigenvalue weighted by molar-refractivity contribution is 6.97. The van der Waals surface area contributed by atoms with Crippen LogP contribution in [0.2, 0.25) is 0 Å². The third-order valence-corrected chi connectivity index (χ3v) is 7.81. The van der Waals surface area contributed by atoms with Gasteiger partial charge in [0.2, 0.25) is 0 Å². The standard InChI is InChI=1S/C33H19BN2O3/c1-2-8-20(9-3-1)34-32-30(22-10-4-6-12-26(22)38-32)36(31-23-11-5-7-13-27(23)39-33(31)34)21-14-15-28-24(18-21)25-19-35-17-16-29(25)37-28/h1-19H. The molecule has 4 aromatic heterocycles. The maximum atomic E-state index is 6.67. The van der Waals surface area contributed by atoms with Gasteiger partial charge in [0.25, 0.3) is 0 Å². The van der Waals surface area contributed by atoms with Crippen LogP contribution in [-0.4, -0.2) is 11.7 Å². The van der Waals surface area contributed by atoms with Crippen molar-refractivity contribution in [3.05, 3.63) is 116 Å². The first-order chi connectivity index (χ1) is 19.3. The summed E-state index contributed by atoms with van der Waals surface area (Å²) in [5.41, 5.74) is 9.28. The summed E-state index contributed by atoms with van der Waals surface area (Å²) in [5, 5.41) is 4.12. The van der Waals surface area contributed by atoms with E-state index in [2.05, 4.69) is 70.5 Å². The normalized spacial score (nSPS) is 13.0. The molecule has 1 aliphatic rings. The number of hydrogen-bond donors (Lipinski definition) is 0. The zero-order valence-corrected chi connectivity index (χ0v) is 20.7. The monoisotopic (exact) mass is 502 g/mol. The van der Waals surface area contributed by atoms with Gasteiger partial charge in [0.15, 0.2) is 0 Å². The first kappa shape index (κ1) is 20.8. The van der Waals surface area contributed by atoms with Crippen molar-refractivity contribution in [3.8, 4) is 0 Å². The lowest BCUT2D eigenvalue weighted by molar-refractivity contribution is 0.636. The number of pyridine rings is 1. The number of aromatic nitrogens is 1. The number of hydrogen-bond acceptors (Lipinski definition) is 5. The fraction of sp³-hybridized carbons (Fsp3) is 0. The van der Waals surface area contributed by atoms with Gasteiger partial charge in [0.1, 0.15) is 33.7 Å². The molecule has 39 heavy (non-hydrogen) atoms. The Bertz CT molecular complexity index is 2130. The Hall–Kier alpha value is -5.23. The smallest absolute Gasteiger partial charge is 0.338 e. The van der Waals surface area contributed by atoms with Gasteiger partial charge in [-0.2, -0.15) is 0 Å². The molecule has 9 rings (SSSR count). The molecule has 0 saturated carbocycles. The van der Waals surface area contributed by atoms with Crippen molar-refractivity contribution >= 4 is 84.4 Å².